The number of aliphatic hydroxyl groups excluding tert-OH is 1. The summed E-state index contributed by atoms with van der Waals surface area (Å²) in [6.07, 6.45) is -1.68. The number of benzene rings is 1. The Labute approximate surface area is 101 Å². The molecule has 86 valence electrons. The Kier molecular flexibility index (Phi) is 4.64. The average molecular weight is 287 g/mol. The quantitative estimate of drug-likeness (QED) is 0.867. The molecule has 0 amide bonds. The van der Waals surface area contributed by atoms with Gasteiger partial charge in [0.2, 0.25) is 0 Å². The number of carbonyl (C=O) groups is 2. The first-order valence-electron chi connectivity index (χ1n) is 4.68. The first-order chi connectivity index (χ1) is 7.50. The van der Waals surface area contributed by atoms with E-state index in [1.54, 1.807) is 24.3 Å². The van der Waals surface area contributed by atoms with Gasteiger partial charge in [-0.1, -0.05) is 28.1 Å². The predicted octanol–water partition coefficient (Wildman–Crippen LogP) is 1.92. The number of carboxylic acid groups (broad SMARTS) is 1. The van der Waals surface area contributed by atoms with E-state index in [9.17, 15) is 14.7 Å². The van der Waals surface area contributed by atoms with Crippen LogP contribution >= 0.6 is 15.9 Å². The first-order valence-corrected chi connectivity index (χ1v) is 5.48. The number of aliphatic carboxylic acids is 1. The Morgan fingerprint density at radius 3 is 2.56 bits per heavy atom. The summed E-state index contributed by atoms with van der Waals surface area (Å²) >= 11 is 3.23. The fourth-order valence-corrected chi connectivity index (χ4v) is 1.65. The topological polar surface area (TPSA) is 74.6 Å². The summed E-state index contributed by atoms with van der Waals surface area (Å²) in [5.41, 5.74) is 0.463. The lowest BCUT2D eigenvalue weighted by atomic mass is 10.0. The van der Waals surface area contributed by atoms with E-state index >= 15 is 0 Å². The molecular formula is C11H11BrO4. The van der Waals surface area contributed by atoms with Gasteiger partial charge in [-0.05, 0) is 17.7 Å². The zero-order valence-corrected chi connectivity index (χ0v) is 9.98. The third-order valence-electron chi connectivity index (χ3n) is 2.05. The van der Waals surface area contributed by atoms with Crippen LogP contribution < -0.4 is 0 Å². The average Bonchev–Trinajstić information content (AvgIpc) is 2.24. The van der Waals surface area contributed by atoms with Crippen LogP contribution in [0.4, 0.5) is 0 Å². The van der Waals surface area contributed by atoms with Crippen LogP contribution in [0.3, 0.4) is 0 Å². The molecular weight excluding hydrogens is 276 g/mol. The minimum atomic E-state index is -1.25. The Morgan fingerprint density at radius 1 is 1.31 bits per heavy atom. The lowest BCUT2D eigenvalue weighted by molar-refractivity contribution is -0.139. The molecule has 0 aliphatic rings. The molecule has 2 N–H and O–H groups in total. The van der Waals surface area contributed by atoms with Crippen LogP contribution in [0, 0.1) is 0 Å². The molecule has 0 radical (unpaired) electrons. The summed E-state index contributed by atoms with van der Waals surface area (Å²) in [6.45, 7) is 0. The molecule has 0 fully saturated rings. The molecule has 0 aromatic heterocycles. The highest BCUT2D eigenvalue weighted by atomic mass is 79.9. The largest absolute Gasteiger partial charge is 0.481 e. The monoisotopic (exact) mass is 286 g/mol. The first kappa shape index (κ1) is 12.9. The van der Waals surface area contributed by atoms with E-state index in [1.165, 1.54) is 0 Å². The fraction of sp³-hybridized carbons (Fsp3) is 0.273. The summed E-state index contributed by atoms with van der Waals surface area (Å²) in [5.74, 6) is -1.53. The smallest absolute Gasteiger partial charge is 0.303 e. The fourth-order valence-electron chi connectivity index (χ4n) is 1.23. The lowest BCUT2D eigenvalue weighted by Gasteiger charge is -2.09. The maximum atomic E-state index is 11.4. The van der Waals surface area contributed by atoms with Gasteiger partial charge in [-0.15, -0.1) is 0 Å². The predicted molar refractivity (Wildman–Crippen MR) is 61.0 cm³/mol. The number of halogens is 1. The lowest BCUT2D eigenvalue weighted by Crippen LogP contribution is -2.13. The van der Waals surface area contributed by atoms with Gasteiger partial charge in [0.05, 0.1) is 6.42 Å². The Bertz CT molecular complexity index is 403. The van der Waals surface area contributed by atoms with Crippen LogP contribution in [0.2, 0.25) is 0 Å². The second-order valence-corrected chi connectivity index (χ2v) is 4.23. The van der Waals surface area contributed by atoms with Gasteiger partial charge in [0.15, 0.2) is 5.78 Å². The molecule has 1 aromatic rings. The van der Waals surface area contributed by atoms with E-state index in [4.69, 9.17) is 5.11 Å². The van der Waals surface area contributed by atoms with Crippen molar-refractivity contribution in [2.45, 2.75) is 18.9 Å². The van der Waals surface area contributed by atoms with Crippen molar-refractivity contribution < 1.29 is 19.8 Å². The van der Waals surface area contributed by atoms with Crippen molar-refractivity contribution in [2.75, 3.05) is 0 Å². The third-order valence-corrected chi connectivity index (χ3v) is 2.55. The molecule has 5 heteroatoms. The van der Waals surface area contributed by atoms with Gasteiger partial charge in [0, 0.05) is 10.9 Å². The summed E-state index contributed by atoms with van der Waals surface area (Å²) in [6, 6.07) is 6.72. The molecule has 0 saturated heterocycles. The van der Waals surface area contributed by atoms with Gasteiger partial charge >= 0.3 is 5.97 Å². The van der Waals surface area contributed by atoms with Crippen LogP contribution in [0.5, 0.6) is 0 Å². The number of rotatable bonds is 5. The molecule has 0 heterocycles. The number of hydrogen-bond acceptors (Lipinski definition) is 3. The number of hydrogen-bond donors (Lipinski definition) is 2. The maximum absolute atomic E-state index is 11.4. The van der Waals surface area contributed by atoms with Crippen LogP contribution in [0.1, 0.15) is 24.5 Å². The number of aliphatic hydroxyl groups is 1. The van der Waals surface area contributed by atoms with Gasteiger partial charge in [-0.3, -0.25) is 9.59 Å². The SMILES string of the molecule is O=C(O)CCC(=O)[C@@H](O)c1cccc(Br)c1. The maximum Gasteiger partial charge on any atom is 0.303 e. The highest BCUT2D eigenvalue weighted by molar-refractivity contribution is 9.10. The van der Waals surface area contributed by atoms with Crippen molar-refractivity contribution in [3.05, 3.63) is 34.3 Å². The summed E-state index contributed by atoms with van der Waals surface area (Å²) in [4.78, 5) is 21.7. The highest BCUT2D eigenvalue weighted by Gasteiger charge is 2.18. The van der Waals surface area contributed by atoms with Crippen molar-refractivity contribution in [3.8, 4) is 0 Å². The van der Waals surface area contributed by atoms with E-state index in [1.807, 2.05) is 0 Å². The van der Waals surface area contributed by atoms with Crippen LogP contribution in [0.25, 0.3) is 0 Å². The molecule has 4 nitrogen and oxygen atoms in total. The molecule has 1 atom stereocenters. The highest BCUT2D eigenvalue weighted by Crippen LogP contribution is 2.20. The van der Waals surface area contributed by atoms with Crippen molar-refractivity contribution in [2.24, 2.45) is 0 Å². The summed E-state index contributed by atoms with van der Waals surface area (Å²) < 4.78 is 0.759. The number of carboxylic acids is 1. The molecule has 0 aliphatic heterocycles. The molecule has 0 bridgehead atoms. The summed E-state index contributed by atoms with van der Waals surface area (Å²) in [5, 5.41) is 18.1. The van der Waals surface area contributed by atoms with Crippen molar-refractivity contribution >= 4 is 27.7 Å². The van der Waals surface area contributed by atoms with Gasteiger partial charge in [-0.25, -0.2) is 0 Å². The van der Waals surface area contributed by atoms with Gasteiger partial charge in [0.1, 0.15) is 6.10 Å². The minimum absolute atomic E-state index is 0.164. The molecule has 0 unspecified atom stereocenters. The van der Waals surface area contributed by atoms with Gasteiger partial charge in [-0.2, -0.15) is 0 Å². The van der Waals surface area contributed by atoms with Crippen molar-refractivity contribution in [1.29, 1.82) is 0 Å². The molecule has 0 aliphatic carbocycles. The molecule has 0 spiro atoms. The van der Waals surface area contributed by atoms with Crippen LogP contribution in [-0.2, 0) is 9.59 Å². The zero-order valence-electron chi connectivity index (χ0n) is 8.39. The van der Waals surface area contributed by atoms with Gasteiger partial charge in [0.25, 0.3) is 0 Å². The second kappa shape index (κ2) is 5.77. The third kappa shape index (κ3) is 3.75. The molecule has 0 saturated carbocycles. The Morgan fingerprint density at radius 2 is 2.00 bits per heavy atom. The van der Waals surface area contributed by atoms with E-state index in [2.05, 4.69) is 15.9 Å². The van der Waals surface area contributed by atoms with Crippen LogP contribution in [0.15, 0.2) is 28.7 Å². The van der Waals surface area contributed by atoms with E-state index in [-0.39, 0.29) is 12.8 Å². The Balaban J connectivity index is 2.66. The normalized spacial score (nSPS) is 12.1. The number of carbonyl (C=O) groups excluding carboxylic acids is 1. The Hall–Kier alpha value is -1.20. The summed E-state index contributed by atoms with van der Waals surface area (Å²) in [7, 11) is 0. The van der Waals surface area contributed by atoms with Crippen LogP contribution in [-0.4, -0.2) is 22.0 Å². The second-order valence-electron chi connectivity index (χ2n) is 3.32. The van der Waals surface area contributed by atoms with Crippen molar-refractivity contribution in [3.63, 3.8) is 0 Å². The number of Topliss-reactive ketones (excluding diaryl/α,β-unsaturated/α-hetero) is 1. The molecule has 16 heavy (non-hydrogen) atoms. The minimum Gasteiger partial charge on any atom is -0.481 e. The standard InChI is InChI=1S/C11H11BrO4/c12-8-3-1-2-7(6-8)11(16)9(13)4-5-10(14)15/h1-3,6,11,16H,4-5H2,(H,14,15)/t11-/m0/s1. The number of ketones is 1. The molecule has 1 rings (SSSR count). The van der Waals surface area contributed by atoms with Crippen molar-refractivity contribution in [1.82, 2.24) is 0 Å². The van der Waals surface area contributed by atoms with Gasteiger partial charge < -0.3 is 10.2 Å². The molecule has 1 aromatic carbocycles. The zero-order chi connectivity index (χ0) is 12.1. The van der Waals surface area contributed by atoms with E-state index in [0.29, 0.717) is 5.56 Å². The van der Waals surface area contributed by atoms with E-state index in [0.717, 1.165) is 4.47 Å². The van der Waals surface area contributed by atoms with E-state index < -0.39 is 17.9 Å².